The molecule has 0 atom stereocenters. The molecule has 0 unspecified atom stereocenters. The molecule has 7 rings (SSSR count). The van der Waals surface area contributed by atoms with Gasteiger partial charge in [-0.2, -0.15) is 10.2 Å². The Kier molecular flexibility index (Phi) is 6.36. The number of fused-ring (bicyclic) bond motifs is 2. The highest BCUT2D eigenvalue weighted by atomic mass is 16.5. The summed E-state index contributed by atoms with van der Waals surface area (Å²) in [6.45, 7) is 7.95. The molecule has 5 aromatic rings. The molecule has 4 heterocycles. The fourth-order valence-corrected chi connectivity index (χ4v) is 6.41. The van der Waals surface area contributed by atoms with Crippen LogP contribution in [0.25, 0.3) is 33.2 Å². The molecule has 1 aliphatic carbocycles. The van der Waals surface area contributed by atoms with Gasteiger partial charge in [-0.25, -0.2) is 14.6 Å². The predicted molar refractivity (Wildman–Crippen MR) is 158 cm³/mol. The molecule has 10 nitrogen and oxygen atoms in total. The number of rotatable bonds is 5. The smallest absolute Gasteiger partial charge is 0.164 e. The van der Waals surface area contributed by atoms with E-state index >= 15 is 0 Å². The van der Waals surface area contributed by atoms with Crippen LogP contribution in [0.5, 0.6) is 0 Å². The number of nitrogens with two attached hydrogens (primary N) is 1. The maximum Gasteiger partial charge on any atom is 0.164 e. The number of aryl methyl sites for hydroxylation is 2. The standard InChI is InChI=1S/C30H35N9O/c1-18-3-10-24(19(2)15-18)34-29-23-9-4-20(16-25(23)35-36-29)27-26-28(31)32-17-33-30(26)39(37-27)22-7-5-21(6-8-22)38-11-13-40-14-12-38/h3-4,9-10,15-17,21-22H,5-8,11-14H2,1-2H3,(H2,31,32,33)(H2,34,35,36). The van der Waals surface area contributed by atoms with E-state index in [1.807, 2.05) is 0 Å². The van der Waals surface area contributed by atoms with Gasteiger partial charge in [-0.15, -0.1) is 0 Å². The van der Waals surface area contributed by atoms with E-state index in [0.29, 0.717) is 11.9 Å². The lowest BCUT2D eigenvalue weighted by molar-refractivity contribution is 0.00520. The Labute approximate surface area is 232 Å². The third-order valence-electron chi connectivity index (χ3n) is 8.56. The van der Waals surface area contributed by atoms with E-state index < -0.39 is 0 Å². The summed E-state index contributed by atoms with van der Waals surface area (Å²) < 4.78 is 7.66. The molecule has 10 heteroatoms. The summed E-state index contributed by atoms with van der Waals surface area (Å²) in [6.07, 6.45) is 5.98. The van der Waals surface area contributed by atoms with Crippen LogP contribution in [-0.2, 0) is 4.74 Å². The van der Waals surface area contributed by atoms with Gasteiger partial charge in [-0.05, 0) is 63.3 Å². The van der Waals surface area contributed by atoms with Crippen molar-refractivity contribution in [2.24, 2.45) is 0 Å². The molecule has 1 saturated carbocycles. The molecule has 1 saturated heterocycles. The number of nitrogens with zero attached hydrogens (tertiary/aromatic N) is 6. The summed E-state index contributed by atoms with van der Waals surface area (Å²) in [6, 6.07) is 13.5. The number of morpholine rings is 1. The molecule has 2 aromatic carbocycles. The van der Waals surface area contributed by atoms with Gasteiger partial charge >= 0.3 is 0 Å². The van der Waals surface area contributed by atoms with Crippen LogP contribution in [0.1, 0.15) is 42.9 Å². The maximum absolute atomic E-state index is 6.43. The number of nitrogen functional groups attached to an aromatic ring is 1. The summed E-state index contributed by atoms with van der Waals surface area (Å²) in [7, 11) is 0. The van der Waals surface area contributed by atoms with Crippen molar-refractivity contribution in [1.82, 2.24) is 34.8 Å². The van der Waals surface area contributed by atoms with Crippen LogP contribution in [0.4, 0.5) is 17.3 Å². The summed E-state index contributed by atoms with van der Waals surface area (Å²) in [5.74, 6) is 1.25. The number of nitrogens with one attached hydrogen (secondary N) is 2. The van der Waals surface area contributed by atoms with Gasteiger partial charge in [-0.1, -0.05) is 23.8 Å². The van der Waals surface area contributed by atoms with E-state index in [2.05, 4.69) is 85.3 Å². The molecule has 4 N–H and O–H groups in total. The van der Waals surface area contributed by atoms with E-state index in [1.54, 1.807) is 6.33 Å². The van der Waals surface area contributed by atoms with Gasteiger partial charge in [0.1, 0.15) is 17.8 Å². The van der Waals surface area contributed by atoms with Gasteiger partial charge in [0.05, 0.1) is 30.2 Å². The Balaban J connectivity index is 1.19. The molecule has 0 amide bonds. The first-order chi connectivity index (χ1) is 19.5. The molecule has 2 fully saturated rings. The number of hydrogen-bond acceptors (Lipinski definition) is 8. The number of hydrogen-bond donors (Lipinski definition) is 3. The van der Waals surface area contributed by atoms with Gasteiger partial charge in [0.15, 0.2) is 11.5 Å². The van der Waals surface area contributed by atoms with E-state index in [-0.39, 0.29) is 6.04 Å². The van der Waals surface area contributed by atoms with E-state index in [1.165, 1.54) is 11.1 Å². The Morgan fingerprint density at radius 3 is 2.58 bits per heavy atom. The topological polar surface area (TPSA) is 123 Å². The molecule has 0 bridgehead atoms. The largest absolute Gasteiger partial charge is 0.383 e. The number of anilines is 3. The highest BCUT2D eigenvalue weighted by molar-refractivity contribution is 6.01. The Morgan fingerprint density at radius 2 is 1.77 bits per heavy atom. The molecule has 3 aromatic heterocycles. The fraction of sp³-hybridized carbons (Fsp3) is 0.400. The summed E-state index contributed by atoms with van der Waals surface area (Å²) >= 11 is 0. The van der Waals surface area contributed by atoms with Gasteiger partial charge < -0.3 is 15.8 Å². The van der Waals surface area contributed by atoms with Crippen molar-refractivity contribution in [3.05, 3.63) is 53.9 Å². The summed E-state index contributed by atoms with van der Waals surface area (Å²) in [4.78, 5) is 11.6. The SMILES string of the molecule is Cc1ccc(Nc2n[nH]c3cc(-c4nn(C5CCC(N6CCOCC6)CC5)c5ncnc(N)c45)ccc23)c(C)c1. The molecule has 0 radical (unpaired) electrons. The average molecular weight is 538 g/mol. The van der Waals surface area contributed by atoms with Crippen LogP contribution in [-0.4, -0.2) is 67.2 Å². The highest BCUT2D eigenvalue weighted by Crippen LogP contribution is 2.38. The number of benzene rings is 2. The zero-order valence-corrected chi connectivity index (χ0v) is 23.0. The molecule has 1 aliphatic heterocycles. The minimum atomic E-state index is 0.285. The predicted octanol–water partition coefficient (Wildman–Crippen LogP) is 5.13. The quantitative estimate of drug-likeness (QED) is 0.282. The zero-order valence-electron chi connectivity index (χ0n) is 23.0. The molecule has 0 spiro atoms. The minimum absolute atomic E-state index is 0.285. The first kappa shape index (κ1) is 25.0. The lowest BCUT2D eigenvalue weighted by atomic mass is 9.90. The highest BCUT2D eigenvalue weighted by Gasteiger charge is 2.30. The van der Waals surface area contributed by atoms with E-state index in [9.17, 15) is 0 Å². The van der Waals surface area contributed by atoms with Gasteiger partial charge in [-0.3, -0.25) is 10.00 Å². The second-order valence-electron chi connectivity index (χ2n) is 11.1. The van der Waals surface area contributed by atoms with Gasteiger partial charge in [0, 0.05) is 35.8 Å². The first-order valence-corrected chi connectivity index (χ1v) is 14.2. The summed E-state index contributed by atoms with van der Waals surface area (Å²) in [5, 5.41) is 18.2. The lowest BCUT2D eigenvalue weighted by Crippen LogP contribution is -2.45. The van der Waals surface area contributed by atoms with Crippen molar-refractivity contribution in [2.45, 2.75) is 51.6 Å². The average Bonchev–Trinajstić information content (AvgIpc) is 3.57. The Morgan fingerprint density at radius 1 is 0.975 bits per heavy atom. The third-order valence-corrected chi connectivity index (χ3v) is 8.56. The molecule has 40 heavy (non-hydrogen) atoms. The van der Waals surface area contributed by atoms with Crippen molar-refractivity contribution in [3.8, 4) is 11.3 Å². The van der Waals surface area contributed by atoms with E-state index in [0.717, 1.165) is 96.7 Å². The van der Waals surface area contributed by atoms with Crippen LogP contribution in [0.3, 0.4) is 0 Å². The molecule has 2 aliphatic rings. The number of ether oxygens (including phenoxy) is 1. The minimum Gasteiger partial charge on any atom is -0.383 e. The van der Waals surface area contributed by atoms with Gasteiger partial charge in [0.25, 0.3) is 0 Å². The summed E-state index contributed by atoms with van der Waals surface area (Å²) in [5.41, 5.74) is 13.4. The van der Waals surface area contributed by atoms with E-state index in [4.69, 9.17) is 15.6 Å². The number of aromatic nitrogens is 6. The van der Waals surface area contributed by atoms with Crippen LogP contribution >= 0.6 is 0 Å². The molecule has 206 valence electrons. The van der Waals surface area contributed by atoms with Crippen molar-refractivity contribution in [1.29, 1.82) is 0 Å². The lowest BCUT2D eigenvalue weighted by Gasteiger charge is -2.38. The van der Waals surface area contributed by atoms with Gasteiger partial charge in [0.2, 0.25) is 0 Å². The number of H-pyrrole nitrogens is 1. The first-order valence-electron chi connectivity index (χ1n) is 14.2. The third kappa shape index (κ3) is 4.47. The Bertz CT molecular complexity index is 1680. The second kappa shape index (κ2) is 10.2. The van der Waals surface area contributed by atoms with Crippen LogP contribution in [0.2, 0.25) is 0 Å². The van der Waals surface area contributed by atoms with Crippen molar-refractivity contribution < 1.29 is 4.74 Å². The Hall–Kier alpha value is -4.02. The van der Waals surface area contributed by atoms with Crippen LogP contribution < -0.4 is 11.1 Å². The normalized spacial score (nSPS) is 20.4. The molecular formula is C30H35N9O. The molecular weight excluding hydrogens is 502 g/mol. The fourth-order valence-electron chi connectivity index (χ4n) is 6.41. The van der Waals surface area contributed by atoms with Crippen LogP contribution in [0.15, 0.2) is 42.7 Å². The van der Waals surface area contributed by atoms with Crippen molar-refractivity contribution in [3.63, 3.8) is 0 Å². The van der Waals surface area contributed by atoms with Crippen molar-refractivity contribution >= 4 is 39.3 Å². The zero-order chi connectivity index (χ0) is 27.2. The maximum atomic E-state index is 6.43. The van der Waals surface area contributed by atoms with Crippen molar-refractivity contribution in [2.75, 3.05) is 37.4 Å². The number of aromatic amines is 1. The van der Waals surface area contributed by atoms with Crippen LogP contribution in [0, 0.1) is 13.8 Å². The monoisotopic (exact) mass is 537 g/mol. The second-order valence-corrected chi connectivity index (χ2v) is 11.1.